The van der Waals surface area contributed by atoms with Gasteiger partial charge in [0.15, 0.2) is 0 Å². The Morgan fingerprint density at radius 2 is 2.00 bits per heavy atom. The molecule has 0 spiro atoms. The van der Waals surface area contributed by atoms with Crippen molar-refractivity contribution in [3.05, 3.63) is 41.1 Å². The maximum absolute atomic E-state index is 3.54. The summed E-state index contributed by atoms with van der Waals surface area (Å²) in [6.45, 7) is 0. The number of anilines is 1. The van der Waals surface area contributed by atoms with E-state index < -0.39 is 0 Å². The molecule has 0 amide bonds. The highest BCUT2D eigenvalue weighted by molar-refractivity contribution is 5.60. The zero-order valence-electron chi connectivity index (χ0n) is 7.64. The average Bonchev–Trinajstić information content (AvgIpc) is 2.61. The van der Waals surface area contributed by atoms with Crippen LogP contribution in [0.25, 0.3) is 0 Å². The van der Waals surface area contributed by atoms with Crippen LogP contribution >= 0.6 is 0 Å². The SMILES string of the molecule is c1ccc2c(c1)CC1=C(CCC1)N2. The van der Waals surface area contributed by atoms with E-state index in [-0.39, 0.29) is 0 Å². The van der Waals surface area contributed by atoms with Crippen LogP contribution in [0.1, 0.15) is 24.8 Å². The van der Waals surface area contributed by atoms with Crippen LogP contribution in [0, 0.1) is 0 Å². The summed E-state index contributed by atoms with van der Waals surface area (Å²) in [5.74, 6) is 0. The van der Waals surface area contributed by atoms with Crippen LogP contribution in [0.4, 0.5) is 5.69 Å². The molecule has 3 rings (SSSR count). The van der Waals surface area contributed by atoms with E-state index in [1.165, 1.54) is 42.6 Å². The molecule has 0 fully saturated rings. The van der Waals surface area contributed by atoms with Crippen molar-refractivity contribution in [1.29, 1.82) is 0 Å². The summed E-state index contributed by atoms with van der Waals surface area (Å²) in [4.78, 5) is 0. The van der Waals surface area contributed by atoms with Gasteiger partial charge in [0.1, 0.15) is 0 Å². The van der Waals surface area contributed by atoms with E-state index in [1.54, 1.807) is 5.57 Å². The maximum atomic E-state index is 3.54. The monoisotopic (exact) mass is 171 g/mol. The molecule has 0 saturated carbocycles. The quantitative estimate of drug-likeness (QED) is 0.632. The number of benzene rings is 1. The molecule has 0 radical (unpaired) electrons. The van der Waals surface area contributed by atoms with Crippen molar-refractivity contribution in [2.24, 2.45) is 0 Å². The smallest absolute Gasteiger partial charge is 0.0417 e. The highest BCUT2D eigenvalue weighted by Crippen LogP contribution is 2.35. The van der Waals surface area contributed by atoms with E-state index in [1.807, 2.05) is 0 Å². The summed E-state index contributed by atoms with van der Waals surface area (Å²) in [5, 5.41) is 3.54. The molecule has 1 aliphatic heterocycles. The molecule has 1 nitrogen and oxygen atoms in total. The normalized spacial score (nSPS) is 19.4. The fraction of sp³-hybridized carbons (Fsp3) is 0.333. The van der Waals surface area contributed by atoms with Crippen LogP contribution in [-0.2, 0) is 6.42 Å². The molecule has 2 aliphatic rings. The predicted octanol–water partition coefficient (Wildman–Crippen LogP) is 3.09. The van der Waals surface area contributed by atoms with Crippen molar-refractivity contribution in [3.63, 3.8) is 0 Å². The zero-order valence-corrected chi connectivity index (χ0v) is 7.64. The van der Waals surface area contributed by atoms with E-state index in [2.05, 4.69) is 29.6 Å². The van der Waals surface area contributed by atoms with Crippen molar-refractivity contribution in [2.75, 3.05) is 5.32 Å². The fourth-order valence-electron chi connectivity index (χ4n) is 2.34. The van der Waals surface area contributed by atoms with Gasteiger partial charge in [-0.2, -0.15) is 0 Å². The van der Waals surface area contributed by atoms with Gasteiger partial charge in [-0.1, -0.05) is 18.2 Å². The van der Waals surface area contributed by atoms with E-state index in [4.69, 9.17) is 0 Å². The summed E-state index contributed by atoms with van der Waals surface area (Å²) in [6, 6.07) is 8.63. The molecule has 1 heterocycles. The van der Waals surface area contributed by atoms with Crippen LogP contribution in [0.2, 0.25) is 0 Å². The molecule has 0 aromatic heterocycles. The number of rotatable bonds is 0. The zero-order chi connectivity index (χ0) is 8.67. The third kappa shape index (κ3) is 1.07. The molecule has 1 heteroatoms. The fourth-order valence-corrected chi connectivity index (χ4v) is 2.34. The minimum absolute atomic E-state index is 1.18. The first-order valence-electron chi connectivity index (χ1n) is 4.99. The van der Waals surface area contributed by atoms with Gasteiger partial charge in [0, 0.05) is 11.4 Å². The average molecular weight is 171 g/mol. The van der Waals surface area contributed by atoms with E-state index >= 15 is 0 Å². The molecular weight excluding hydrogens is 158 g/mol. The second-order valence-electron chi connectivity index (χ2n) is 3.89. The Morgan fingerprint density at radius 1 is 1.08 bits per heavy atom. The van der Waals surface area contributed by atoms with Crippen molar-refractivity contribution in [2.45, 2.75) is 25.7 Å². The van der Waals surface area contributed by atoms with Crippen LogP contribution in [0.5, 0.6) is 0 Å². The van der Waals surface area contributed by atoms with Gasteiger partial charge in [-0.25, -0.2) is 0 Å². The largest absolute Gasteiger partial charge is 0.359 e. The van der Waals surface area contributed by atoms with Crippen molar-refractivity contribution in [1.82, 2.24) is 0 Å². The highest BCUT2D eigenvalue weighted by Gasteiger charge is 2.20. The Kier molecular flexibility index (Phi) is 1.45. The third-order valence-corrected chi connectivity index (χ3v) is 3.04. The molecule has 0 unspecified atom stereocenters. The van der Waals surface area contributed by atoms with Crippen LogP contribution in [-0.4, -0.2) is 0 Å². The molecule has 0 atom stereocenters. The second kappa shape index (κ2) is 2.63. The highest BCUT2D eigenvalue weighted by atomic mass is 14.9. The molecule has 1 aromatic rings. The van der Waals surface area contributed by atoms with Crippen LogP contribution < -0.4 is 5.32 Å². The van der Waals surface area contributed by atoms with E-state index in [0.717, 1.165) is 0 Å². The second-order valence-corrected chi connectivity index (χ2v) is 3.89. The van der Waals surface area contributed by atoms with Crippen LogP contribution in [0.3, 0.4) is 0 Å². The Morgan fingerprint density at radius 3 is 3.00 bits per heavy atom. The van der Waals surface area contributed by atoms with Gasteiger partial charge in [-0.15, -0.1) is 0 Å². The Balaban J connectivity index is 2.04. The molecule has 1 N–H and O–H groups in total. The Bertz CT molecular complexity index is 341. The number of allylic oxidation sites excluding steroid dienone is 2. The molecule has 13 heavy (non-hydrogen) atoms. The topological polar surface area (TPSA) is 12.0 Å². The van der Waals surface area contributed by atoms with Crippen molar-refractivity contribution < 1.29 is 0 Å². The van der Waals surface area contributed by atoms with Gasteiger partial charge in [-0.3, -0.25) is 0 Å². The molecule has 66 valence electrons. The standard InChI is InChI=1S/C12H13N/c1-2-6-11-9(4-1)8-10-5-3-7-12(10)13-11/h1-2,4,6,13H,3,5,7-8H2. The maximum Gasteiger partial charge on any atom is 0.0417 e. The number of nitrogens with one attached hydrogen (secondary N) is 1. The minimum Gasteiger partial charge on any atom is -0.359 e. The van der Waals surface area contributed by atoms with Gasteiger partial charge >= 0.3 is 0 Å². The van der Waals surface area contributed by atoms with Gasteiger partial charge in [-0.05, 0) is 42.9 Å². The Labute approximate surface area is 78.5 Å². The number of fused-ring (bicyclic) bond motifs is 1. The molecule has 0 saturated heterocycles. The summed E-state index contributed by atoms with van der Waals surface area (Å²) >= 11 is 0. The third-order valence-electron chi connectivity index (χ3n) is 3.04. The Hall–Kier alpha value is -1.24. The van der Waals surface area contributed by atoms with Crippen molar-refractivity contribution >= 4 is 5.69 Å². The first-order chi connectivity index (χ1) is 6.43. The van der Waals surface area contributed by atoms with Gasteiger partial charge < -0.3 is 5.32 Å². The first-order valence-corrected chi connectivity index (χ1v) is 4.99. The molecular formula is C12H13N. The lowest BCUT2D eigenvalue weighted by atomic mass is 9.99. The lowest BCUT2D eigenvalue weighted by Crippen LogP contribution is -2.08. The summed E-state index contributed by atoms with van der Waals surface area (Å²) < 4.78 is 0. The lowest BCUT2D eigenvalue weighted by molar-refractivity contribution is 0.885. The number of hydrogen-bond donors (Lipinski definition) is 1. The van der Waals surface area contributed by atoms with E-state index in [9.17, 15) is 0 Å². The summed E-state index contributed by atoms with van der Waals surface area (Å²) in [6.07, 6.45) is 5.07. The molecule has 1 aromatic carbocycles. The summed E-state index contributed by atoms with van der Waals surface area (Å²) in [7, 11) is 0. The minimum atomic E-state index is 1.18. The van der Waals surface area contributed by atoms with E-state index in [0.29, 0.717) is 0 Å². The van der Waals surface area contributed by atoms with Gasteiger partial charge in [0.05, 0.1) is 0 Å². The number of hydrogen-bond acceptors (Lipinski definition) is 1. The first kappa shape index (κ1) is 7.19. The summed E-state index contributed by atoms with van der Waals surface area (Å²) in [5.41, 5.74) is 5.92. The molecule has 1 aliphatic carbocycles. The lowest BCUT2D eigenvalue weighted by Gasteiger charge is -2.20. The number of para-hydroxylation sites is 1. The van der Waals surface area contributed by atoms with Gasteiger partial charge in [0.25, 0.3) is 0 Å². The van der Waals surface area contributed by atoms with Gasteiger partial charge in [0.2, 0.25) is 0 Å². The van der Waals surface area contributed by atoms with Crippen molar-refractivity contribution in [3.8, 4) is 0 Å². The molecule has 0 bridgehead atoms. The predicted molar refractivity (Wildman–Crippen MR) is 54.6 cm³/mol. The van der Waals surface area contributed by atoms with Crippen LogP contribution in [0.15, 0.2) is 35.5 Å².